The molecule has 1 aromatic heterocycles. The number of carbonyl (C=O) groups is 1. The van der Waals surface area contributed by atoms with Gasteiger partial charge >= 0.3 is 5.97 Å². The third-order valence-electron chi connectivity index (χ3n) is 3.67. The van der Waals surface area contributed by atoms with Crippen molar-refractivity contribution in [2.45, 2.75) is 38.9 Å². The molecule has 0 saturated heterocycles. The van der Waals surface area contributed by atoms with Crippen LogP contribution in [0.2, 0.25) is 0 Å². The molecular weight excluding hydrogens is 252 g/mol. The molecule has 1 saturated carbocycles. The number of rotatable bonds is 6. The highest BCUT2D eigenvalue weighted by molar-refractivity contribution is 5.85. The lowest BCUT2D eigenvalue weighted by Crippen LogP contribution is -2.15. The summed E-state index contributed by atoms with van der Waals surface area (Å²) in [5.41, 5.74) is 2.38. The number of fused-ring (bicyclic) bond motifs is 1. The molecule has 0 radical (unpaired) electrons. The van der Waals surface area contributed by atoms with Crippen molar-refractivity contribution in [3.8, 4) is 0 Å². The minimum absolute atomic E-state index is 0.188. The van der Waals surface area contributed by atoms with E-state index >= 15 is 0 Å². The molecule has 1 heterocycles. The van der Waals surface area contributed by atoms with Crippen molar-refractivity contribution in [3.63, 3.8) is 0 Å². The van der Waals surface area contributed by atoms with Gasteiger partial charge in [0.05, 0.1) is 6.61 Å². The van der Waals surface area contributed by atoms with Gasteiger partial charge in [0, 0.05) is 29.7 Å². The van der Waals surface area contributed by atoms with Gasteiger partial charge in [0.1, 0.15) is 6.54 Å². The van der Waals surface area contributed by atoms with Crippen LogP contribution >= 0.6 is 0 Å². The van der Waals surface area contributed by atoms with Crippen molar-refractivity contribution < 1.29 is 9.53 Å². The Kier molecular flexibility index (Phi) is 3.74. The normalized spacial score (nSPS) is 14.7. The predicted molar refractivity (Wildman–Crippen MR) is 78.4 cm³/mol. The Bertz CT molecular complexity index is 614. The monoisotopic (exact) mass is 272 g/mol. The van der Waals surface area contributed by atoms with E-state index in [1.54, 1.807) is 0 Å². The summed E-state index contributed by atoms with van der Waals surface area (Å²) in [6.45, 7) is 3.42. The molecule has 1 aliphatic carbocycles. The number of hydrogen-bond acceptors (Lipinski definition) is 3. The number of esters is 1. The van der Waals surface area contributed by atoms with Crippen LogP contribution in [-0.4, -0.2) is 23.2 Å². The summed E-state index contributed by atoms with van der Waals surface area (Å²) in [6, 6.07) is 9.03. The van der Waals surface area contributed by atoms with E-state index in [4.69, 9.17) is 4.74 Å². The fourth-order valence-corrected chi connectivity index (χ4v) is 2.47. The quantitative estimate of drug-likeness (QED) is 0.821. The van der Waals surface area contributed by atoms with Gasteiger partial charge in [-0.25, -0.2) is 0 Å². The zero-order chi connectivity index (χ0) is 13.9. The fourth-order valence-electron chi connectivity index (χ4n) is 2.47. The number of ether oxygens (including phenoxy) is 1. The van der Waals surface area contributed by atoms with E-state index in [1.807, 2.05) is 23.8 Å². The summed E-state index contributed by atoms with van der Waals surface area (Å²) in [5.74, 6) is -0.188. The van der Waals surface area contributed by atoms with Gasteiger partial charge in [0.2, 0.25) is 0 Å². The Balaban J connectivity index is 1.80. The number of hydrogen-bond donors (Lipinski definition) is 1. The van der Waals surface area contributed by atoms with Crippen molar-refractivity contribution in [2.75, 3.05) is 6.61 Å². The molecule has 1 aliphatic rings. The van der Waals surface area contributed by atoms with Crippen LogP contribution in [0, 0.1) is 0 Å². The minimum atomic E-state index is -0.188. The number of nitrogens with zero attached hydrogens (tertiary/aromatic N) is 1. The van der Waals surface area contributed by atoms with Crippen LogP contribution in [0.5, 0.6) is 0 Å². The smallest absolute Gasteiger partial charge is 0.325 e. The summed E-state index contributed by atoms with van der Waals surface area (Å²) in [4.78, 5) is 11.6. The first kappa shape index (κ1) is 13.2. The standard InChI is InChI=1S/C16H20N2O2/c1-2-20-16(19)11-18-9-8-14-12(4-3-5-15(14)18)10-17-13-6-7-13/h3-5,8-9,13,17H,2,6-7,10-11H2,1H3. The van der Waals surface area contributed by atoms with Gasteiger partial charge in [-0.2, -0.15) is 0 Å². The molecule has 106 valence electrons. The summed E-state index contributed by atoms with van der Waals surface area (Å²) in [7, 11) is 0. The van der Waals surface area contributed by atoms with Crippen LogP contribution in [-0.2, 0) is 22.6 Å². The SMILES string of the molecule is CCOC(=O)Cn1ccc2c(CNC3CC3)cccc21. The first-order valence-electron chi connectivity index (χ1n) is 7.23. The molecule has 1 aromatic carbocycles. The van der Waals surface area contributed by atoms with E-state index in [2.05, 4.69) is 23.5 Å². The molecule has 0 atom stereocenters. The summed E-state index contributed by atoms with van der Waals surface area (Å²) < 4.78 is 6.96. The molecule has 0 unspecified atom stereocenters. The minimum Gasteiger partial charge on any atom is -0.465 e. The van der Waals surface area contributed by atoms with Crippen LogP contribution in [0.25, 0.3) is 10.9 Å². The molecule has 4 heteroatoms. The number of carbonyl (C=O) groups excluding carboxylic acids is 1. The Morgan fingerprint density at radius 1 is 1.40 bits per heavy atom. The number of aromatic nitrogens is 1. The average Bonchev–Trinajstić information content (AvgIpc) is 3.18. The Morgan fingerprint density at radius 3 is 3.00 bits per heavy atom. The molecule has 0 amide bonds. The predicted octanol–water partition coefficient (Wildman–Crippen LogP) is 2.46. The molecule has 1 fully saturated rings. The Morgan fingerprint density at radius 2 is 2.25 bits per heavy atom. The second-order valence-corrected chi connectivity index (χ2v) is 5.25. The topological polar surface area (TPSA) is 43.3 Å². The fraction of sp³-hybridized carbons (Fsp3) is 0.438. The summed E-state index contributed by atoms with van der Waals surface area (Å²) >= 11 is 0. The molecule has 2 aromatic rings. The second kappa shape index (κ2) is 5.67. The van der Waals surface area contributed by atoms with Crippen LogP contribution in [0.3, 0.4) is 0 Å². The Hall–Kier alpha value is -1.81. The number of nitrogens with one attached hydrogen (secondary N) is 1. The van der Waals surface area contributed by atoms with Crippen molar-refractivity contribution in [1.29, 1.82) is 0 Å². The van der Waals surface area contributed by atoms with Gasteiger partial charge in [0.25, 0.3) is 0 Å². The second-order valence-electron chi connectivity index (χ2n) is 5.25. The molecule has 3 rings (SSSR count). The van der Waals surface area contributed by atoms with Gasteiger partial charge in [-0.05, 0) is 37.5 Å². The van der Waals surface area contributed by atoms with Crippen LogP contribution in [0.4, 0.5) is 0 Å². The molecule has 1 N–H and O–H groups in total. The largest absolute Gasteiger partial charge is 0.465 e. The zero-order valence-corrected chi connectivity index (χ0v) is 11.8. The molecule has 0 spiro atoms. The van der Waals surface area contributed by atoms with Gasteiger partial charge < -0.3 is 14.6 Å². The third-order valence-corrected chi connectivity index (χ3v) is 3.67. The van der Waals surface area contributed by atoms with E-state index < -0.39 is 0 Å². The van der Waals surface area contributed by atoms with Crippen LogP contribution in [0.1, 0.15) is 25.3 Å². The van der Waals surface area contributed by atoms with E-state index in [-0.39, 0.29) is 12.5 Å². The average molecular weight is 272 g/mol. The first-order chi connectivity index (χ1) is 9.78. The molecule has 20 heavy (non-hydrogen) atoms. The summed E-state index contributed by atoms with van der Waals surface area (Å²) in [5, 5.41) is 4.75. The maximum atomic E-state index is 11.6. The van der Waals surface area contributed by atoms with Crippen LogP contribution < -0.4 is 5.32 Å². The van der Waals surface area contributed by atoms with Crippen LogP contribution in [0.15, 0.2) is 30.5 Å². The van der Waals surface area contributed by atoms with Gasteiger partial charge in [-0.15, -0.1) is 0 Å². The number of benzene rings is 1. The van der Waals surface area contributed by atoms with E-state index in [0.717, 1.165) is 12.1 Å². The lowest BCUT2D eigenvalue weighted by molar-refractivity contribution is -0.143. The van der Waals surface area contributed by atoms with Gasteiger partial charge in [0.15, 0.2) is 0 Å². The van der Waals surface area contributed by atoms with E-state index in [9.17, 15) is 4.79 Å². The molecule has 0 aliphatic heterocycles. The van der Waals surface area contributed by atoms with Crippen molar-refractivity contribution in [2.24, 2.45) is 0 Å². The van der Waals surface area contributed by atoms with E-state index in [0.29, 0.717) is 12.6 Å². The molecular formula is C16H20N2O2. The zero-order valence-electron chi connectivity index (χ0n) is 11.8. The molecule has 0 bridgehead atoms. The molecule has 4 nitrogen and oxygen atoms in total. The summed E-state index contributed by atoms with van der Waals surface area (Å²) in [6.07, 6.45) is 4.54. The van der Waals surface area contributed by atoms with Gasteiger partial charge in [-0.1, -0.05) is 12.1 Å². The lowest BCUT2D eigenvalue weighted by atomic mass is 10.1. The maximum Gasteiger partial charge on any atom is 0.325 e. The van der Waals surface area contributed by atoms with Crippen molar-refractivity contribution in [3.05, 3.63) is 36.0 Å². The van der Waals surface area contributed by atoms with Crippen molar-refractivity contribution in [1.82, 2.24) is 9.88 Å². The highest BCUT2D eigenvalue weighted by Crippen LogP contribution is 2.23. The highest BCUT2D eigenvalue weighted by atomic mass is 16.5. The highest BCUT2D eigenvalue weighted by Gasteiger charge is 2.20. The maximum absolute atomic E-state index is 11.6. The van der Waals surface area contributed by atoms with E-state index in [1.165, 1.54) is 23.8 Å². The third kappa shape index (κ3) is 2.85. The van der Waals surface area contributed by atoms with Gasteiger partial charge in [-0.3, -0.25) is 4.79 Å². The lowest BCUT2D eigenvalue weighted by Gasteiger charge is -2.07. The Labute approximate surface area is 118 Å². The van der Waals surface area contributed by atoms with Crippen molar-refractivity contribution >= 4 is 16.9 Å². The first-order valence-corrected chi connectivity index (χ1v) is 7.23.